The summed E-state index contributed by atoms with van der Waals surface area (Å²) in [6, 6.07) is 1.84. The van der Waals surface area contributed by atoms with Crippen LogP contribution in [-0.4, -0.2) is 9.97 Å². The Bertz CT molecular complexity index is 248. The minimum Gasteiger partial charge on any atom is -0.384 e. The third kappa shape index (κ3) is 2.49. The minimum absolute atomic E-state index is 0.568. The first-order valence-electron chi connectivity index (χ1n) is 4.18. The smallest absolute Gasteiger partial charge is 0.127 e. The van der Waals surface area contributed by atoms with E-state index >= 15 is 0 Å². The molecule has 0 saturated heterocycles. The fourth-order valence-electron chi connectivity index (χ4n) is 1.18. The van der Waals surface area contributed by atoms with Gasteiger partial charge in [-0.25, -0.2) is 9.97 Å². The van der Waals surface area contributed by atoms with E-state index in [0.717, 1.165) is 17.9 Å². The molecule has 66 valence electrons. The maximum Gasteiger partial charge on any atom is 0.127 e. The molecule has 0 spiro atoms. The van der Waals surface area contributed by atoms with Gasteiger partial charge in [0.2, 0.25) is 0 Å². The number of nitrogen functional groups attached to an aromatic ring is 1. The predicted molar refractivity (Wildman–Crippen MR) is 49.7 cm³/mol. The van der Waals surface area contributed by atoms with E-state index in [-0.39, 0.29) is 0 Å². The number of aryl methyl sites for hydroxylation is 1. The van der Waals surface area contributed by atoms with Crippen molar-refractivity contribution in [3.8, 4) is 0 Å². The zero-order valence-electron chi connectivity index (χ0n) is 7.83. The van der Waals surface area contributed by atoms with Gasteiger partial charge in [-0.3, -0.25) is 0 Å². The standard InChI is InChI=1S/C9H15N3/c1-6(2)4-8-5-9(10)12-7(3)11-8/h5-6H,4H2,1-3H3,(H2,10,11,12). The molecule has 12 heavy (non-hydrogen) atoms. The molecule has 0 saturated carbocycles. The molecule has 0 radical (unpaired) electrons. The molecule has 0 aliphatic rings. The van der Waals surface area contributed by atoms with Crippen molar-refractivity contribution in [3.63, 3.8) is 0 Å². The highest BCUT2D eigenvalue weighted by Crippen LogP contribution is 2.07. The average Bonchev–Trinajstić information content (AvgIpc) is 1.81. The molecule has 0 fully saturated rings. The second-order valence-electron chi connectivity index (χ2n) is 3.43. The van der Waals surface area contributed by atoms with E-state index < -0.39 is 0 Å². The van der Waals surface area contributed by atoms with E-state index in [0.29, 0.717) is 11.7 Å². The molecule has 1 heterocycles. The molecule has 0 aliphatic carbocycles. The van der Waals surface area contributed by atoms with Gasteiger partial charge in [-0.15, -0.1) is 0 Å². The van der Waals surface area contributed by atoms with Crippen LogP contribution < -0.4 is 5.73 Å². The van der Waals surface area contributed by atoms with Crippen molar-refractivity contribution in [1.29, 1.82) is 0 Å². The van der Waals surface area contributed by atoms with Gasteiger partial charge in [-0.05, 0) is 19.3 Å². The zero-order chi connectivity index (χ0) is 9.14. The lowest BCUT2D eigenvalue weighted by molar-refractivity contribution is 0.632. The lowest BCUT2D eigenvalue weighted by Gasteiger charge is -2.05. The first-order valence-corrected chi connectivity index (χ1v) is 4.18. The summed E-state index contributed by atoms with van der Waals surface area (Å²) in [5, 5.41) is 0. The van der Waals surface area contributed by atoms with Gasteiger partial charge in [0.05, 0.1) is 0 Å². The number of anilines is 1. The Morgan fingerprint density at radius 3 is 2.58 bits per heavy atom. The Kier molecular flexibility index (Phi) is 2.63. The van der Waals surface area contributed by atoms with Crippen molar-refractivity contribution in [1.82, 2.24) is 9.97 Å². The molecule has 1 aromatic heterocycles. The third-order valence-electron chi connectivity index (χ3n) is 1.53. The number of nitrogens with zero attached hydrogens (tertiary/aromatic N) is 2. The third-order valence-corrected chi connectivity index (χ3v) is 1.53. The fraction of sp³-hybridized carbons (Fsp3) is 0.556. The van der Waals surface area contributed by atoms with Crippen LogP contribution in [0.4, 0.5) is 5.82 Å². The Morgan fingerprint density at radius 2 is 2.08 bits per heavy atom. The monoisotopic (exact) mass is 165 g/mol. The van der Waals surface area contributed by atoms with Gasteiger partial charge in [0.1, 0.15) is 11.6 Å². The summed E-state index contributed by atoms with van der Waals surface area (Å²) in [5.74, 6) is 1.93. The number of aromatic nitrogens is 2. The number of hydrogen-bond acceptors (Lipinski definition) is 3. The molecule has 0 aliphatic heterocycles. The summed E-state index contributed by atoms with van der Waals surface area (Å²) in [6.07, 6.45) is 0.966. The maximum atomic E-state index is 5.58. The second-order valence-corrected chi connectivity index (χ2v) is 3.43. The second kappa shape index (κ2) is 3.52. The Balaban J connectivity index is 2.85. The summed E-state index contributed by atoms with van der Waals surface area (Å²) in [7, 11) is 0. The van der Waals surface area contributed by atoms with Gasteiger partial charge < -0.3 is 5.73 Å². The minimum atomic E-state index is 0.568. The summed E-state index contributed by atoms with van der Waals surface area (Å²) < 4.78 is 0. The predicted octanol–water partition coefficient (Wildman–Crippen LogP) is 1.57. The molecular formula is C9H15N3. The van der Waals surface area contributed by atoms with E-state index in [4.69, 9.17) is 5.73 Å². The van der Waals surface area contributed by atoms with E-state index in [1.807, 2.05) is 13.0 Å². The van der Waals surface area contributed by atoms with E-state index in [2.05, 4.69) is 23.8 Å². The molecule has 0 aromatic carbocycles. The van der Waals surface area contributed by atoms with Crippen LogP contribution in [0.3, 0.4) is 0 Å². The van der Waals surface area contributed by atoms with Crippen LogP contribution in [0.25, 0.3) is 0 Å². The zero-order valence-corrected chi connectivity index (χ0v) is 7.83. The van der Waals surface area contributed by atoms with Gasteiger partial charge in [-0.1, -0.05) is 13.8 Å². The lowest BCUT2D eigenvalue weighted by Crippen LogP contribution is -2.02. The molecule has 0 bridgehead atoms. The van der Waals surface area contributed by atoms with Gasteiger partial charge in [-0.2, -0.15) is 0 Å². The van der Waals surface area contributed by atoms with Crippen LogP contribution in [0.1, 0.15) is 25.4 Å². The van der Waals surface area contributed by atoms with Crippen LogP contribution in [-0.2, 0) is 6.42 Å². The summed E-state index contributed by atoms with van der Waals surface area (Å²) in [5.41, 5.74) is 6.62. The first kappa shape index (κ1) is 8.97. The van der Waals surface area contributed by atoms with Crippen LogP contribution >= 0.6 is 0 Å². The number of nitrogens with two attached hydrogens (primary N) is 1. The van der Waals surface area contributed by atoms with Crippen molar-refractivity contribution in [3.05, 3.63) is 17.6 Å². The van der Waals surface area contributed by atoms with Crippen LogP contribution in [0.2, 0.25) is 0 Å². The Morgan fingerprint density at radius 1 is 1.42 bits per heavy atom. The molecule has 1 rings (SSSR count). The molecule has 3 nitrogen and oxygen atoms in total. The van der Waals surface area contributed by atoms with Gasteiger partial charge >= 0.3 is 0 Å². The molecule has 2 N–H and O–H groups in total. The highest BCUT2D eigenvalue weighted by molar-refractivity contribution is 5.29. The van der Waals surface area contributed by atoms with Crippen LogP contribution in [0, 0.1) is 12.8 Å². The average molecular weight is 165 g/mol. The Hall–Kier alpha value is -1.12. The topological polar surface area (TPSA) is 51.8 Å². The SMILES string of the molecule is Cc1nc(N)cc(CC(C)C)n1. The van der Waals surface area contributed by atoms with E-state index in [9.17, 15) is 0 Å². The first-order chi connectivity index (χ1) is 5.58. The largest absolute Gasteiger partial charge is 0.384 e. The summed E-state index contributed by atoms with van der Waals surface area (Å²) in [4.78, 5) is 8.29. The summed E-state index contributed by atoms with van der Waals surface area (Å²) in [6.45, 7) is 6.18. The van der Waals surface area contributed by atoms with Crippen LogP contribution in [0.15, 0.2) is 6.07 Å². The molecular weight excluding hydrogens is 150 g/mol. The highest BCUT2D eigenvalue weighted by atomic mass is 14.9. The quantitative estimate of drug-likeness (QED) is 0.723. The van der Waals surface area contributed by atoms with E-state index in [1.165, 1.54) is 0 Å². The summed E-state index contributed by atoms with van der Waals surface area (Å²) >= 11 is 0. The molecule has 0 amide bonds. The van der Waals surface area contributed by atoms with E-state index in [1.54, 1.807) is 0 Å². The van der Waals surface area contributed by atoms with Crippen molar-refractivity contribution >= 4 is 5.82 Å². The molecule has 1 aromatic rings. The van der Waals surface area contributed by atoms with Crippen molar-refractivity contribution < 1.29 is 0 Å². The molecule has 3 heteroatoms. The van der Waals surface area contributed by atoms with Crippen molar-refractivity contribution in [2.45, 2.75) is 27.2 Å². The maximum absolute atomic E-state index is 5.58. The van der Waals surface area contributed by atoms with Crippen molar-refractivity contribution in [2.24, 2.45) is 5.92 Å². The molecule has 0 atom stereocenters. The lowest BCUT2D eigenvalue weighted by atomic mass is 10.1. The number of rotatable bonds is 2. The van der Waals surface area contributed by atoms with Gasteiger partial charge in [0, 0.05) is 11.8 Å². The fourth-order valence-corrected chi connectivity index (χ4v) is 1.18. The Labute approximate surface area is 73.0 Å². The number of hydrogen-bond donors (Lipinski definition) is 1. The highest BCUT2D eigenvalue weighted by Gasteiger charge is 2.01. The van der Waals surface area contributed by atoms with Gasteiger partial charge in [0.25, 0.3) is 0 Å². The molecule has 0 unspecified atom stereocenters. The van der Waals surface area contributed by atoms with Crippen LogP contribution in [0.5, 0.6) is 0 Å². The normalized spacial score (nSPS) is 10.7. The van der Waals surface area contributed by atoms with Gasteiger partial charge in [0.15, 0.2) is 0 Å². The van der Waals surface area contributed by atoms with Crippen molar-refractivity contribution in [2.75, 3.05) is 5.73 Å².